The van der Waals surface area contributed by atoms with Gasteiger partial charge in [0, 0.05) is 23.8 Å². The molecule has 1 spiro atoms. The lowest BCUT2D eigenvalue weighted by atomic mass is 9.86. The highest BCUT2D eigenvalue weighted by Crippen LogP contribution is 2.37. The largest absolute Gasteiger partial charge is 0.339 e. The normalized spacial score (nSPS) is 20.0. The number of hydrogen-bond acceptors (Lipinski definition) is 4. The number of hydrogen-bond donors (Lipinski definition) is 1. The number of rotatable bonds is 3. The van der Waals surface area contributed by atoms with Crippen molar-refractivity contribution in [3.05, 3.63) is 59.6 Å². The minimum absolute atomic E-state index is 0.0360. The van der Waals surface area contributed by atoms with Crippen LogP contribution in [0.25, 0.3) is 0 Å². The van der Waals surface area contributed by atoms with E-state index in [-0.39, 0.29) is 23.9 Å². The number of para-hydroxylation sites is 1. The van der Waals surface area contributed by atoms with Crippen LogP contribution in [0, 0.1) is 0 Å². The van der Waals surface area contributed by atoms with E-state index < -0.39 is 15.6 Å². The number of carbonyl (C=O) groups excluding carboxylic acids is 1. The summed E-state index contributed by atoms with van der Waals surface area (Å²) in [5.41, 5.74) is 0.254. The molecule has 2 fully saturated rings. The zero-order valence-electron chi connectivity index (χ0n) is 14.6. The minimum atomic E-state index is -3.63. The number of nitrogens with zero attached hydrogens (tertiary/aromatic N) is 2. The molecule has 4 rings (SSSR count). The standard InChI is InChI=1S/C19H20ClN3O3S/c20-15-5-4-8-17(13-15)27(25,26)22-11-9-19(10-12-22)18(24)21-14-23(19)16-6-2-1-3-7-16/h1-8,13H,9-12,14H2,(H,21,24). The molecule has 2 saturated heterocycles. The van der Waals surface area contributed by atoms with Crippen LogP contribution in [0.1, 0.15) is 12.8 Å². The third-order valence-electron chi connectivity index (χ3n) is 5.39. The molecule has 2 heterocycles. The Kier molecular flexibility index (Phi) is 4.61. The molecule has 6 nitrogen and oxygen atoms in total. The van der Waals surface area contributed by atoms with Crippen molar-refractivity contribution in [2.75, 3.05) is 24.7 Å². The number of amides is 1. The maximum Gasteiger partial charge on any atom is 0.247 e. The SMILES string of the molecule is O=C1NCN(c2ccccc2)C12CCN(S(=O)(=O)c1cccc(Cl)c1)CC2. The van der Waals surface area contributed by atoms with Crippen LogP contribution in [-0.2, 0) is 14.8 Å². The number of sulfonamides is 1. The van der Waals surface area contributed by atoms with Crippen molar-refractivity contribution in [3.8, 4) is 0 Å². The van der Waals surface area contributed by atoms with Gasteiger partial charge in [0.1, 0.15) is 5.54 Å². The summed E-state index contributed by atoms with van der Waals surface area (Å²) in [6.45, 7) is 1.00. The lowest BCUT2D eigenvalue weighted by molar-refractivity contribution is -0.124. The van der Waals surface area contributed by atoms with E-state index in [1.807, 2.05) is 30.3 Å². The van der Waals surface area contributed by atoms with Crippen molar-refractivity contribution in [1.29, 1.82) is 0 Å². The van der Waals surface area contributed by atoms with Crippen molar-refractivity contribution in [3.63, 3.8) is 0 Å². The number of halogens is 1. The molecule has 2 aromatic rings. The van der Waals surface area contributed by atoms with Gasteiger partial charge in [0.05, 0.1) is 11.6 Å². The van der Waals surface area contributed by atoms with Gasteiger partial charge in [-0.3, -0.25) is 4.79 Å². The molecule has 0 unspecified atom stereocenters. The topological polar surface area (TPSA) is 69.7 Å². The molecule has 2 aliphatic heterocycles. The van der Waals surface area contributed by atoms with Gasteiger partial charge in [-0.2, -0.15) is 4.31 Å². The predicted octanol–water partition coefficient (Wildman–Crippen LogP) is 2.46. The number of benzene rings is 2. The first-order valence-corrected chi connectivity index (χ1v) is 10.6. The Hall–Kier alpha value is -2.09. The van der Waals surface area contributed by atoms with E-state index in [0.29, 0.717) is 24.5 Å². The van der Waals surface area contributed by atoms with E-state index in [2.05, 4.69) is 10.2 Å². The number of nitrogens with one attached hydrogen (secondary N) is 1. The van der Waals surface area contributed by atoms with Crippen LogP contribution < -0.4 is 10.2 Å². The molecule has 1 N–H and O–H groups in total. The molecule has 8 heteroatoms. The fourth-order valence-electron chi connectivity index (χ4n) is 3.91. The molecule has 0 bridgehead atoms. The molecular weight excluding hydrogens is 386 g/mol. The molecule has 0 saturated carbocycles. The Morgan fingerprint density at radius 2 is 1.70 bits per heavy atom. The molecule has 1 amide bonds. The summed E-state index contributed by atoms with van der Waals surface area (Å²) in [5, 5.41) is 3.31. The maximum atomic E-state index is 12.9. The molecule has 142 valence electrons. The van der Waals surface area contributed by atoms with Crippen LogP contribution in [0.2, 0.25) is 5.02 Å². The van der Waals surface area contributed by atoms with E-state index in [1.54, 1.807) is 18.2 Å². The number of carbonyl (C=O) groups is 1. The molecule has 0 aliphatic carbocycles. The van der Waals surface area contributed by atoms with Gasteiger partial charge in [-0.25, -0.2) is 8.42 Å². The van der Waals surface area contributed by atoms with Crippen LogP contribution in [0.3, 0.4) is 0 Å². The zero-order chi connectivity index (χ0) is 19.1. The van der Waals surface area contributed by atoms with Crippen molar-refractivity contribution in [1.82, 2.24) is 9.62 Å². The third kappa shape index (κ3) is 3.09. The molecule has 2 aromatic carbocycles. The van der Waals surface area contributed by atoms with Gasteiger partial charge in [0.2, 0.25) is 15.9 Å². The van der Waals surface area contributed by atoms with Gasteiger partial charge in [0.15, 0.2) is 0 Å². The van der Waals surface area contributed by atoms with Gasteiger partial charge in [-0.15, -0.1) is 0 Å². The summed E-state index contributed by atoms with van der Waals surface area (Å²) in [6, 6.07) is 16.0. The van der Waals surface area contributed by atoms with Crippen LogP contribution in [0.4, 0.5) is 5.69 Å². The molecule has 2 aliphatic rings. The zero-order valence-corrected chi connectivity index (χ0v) is 16.2. The van der Waals surface area contributed by atoms with Gasteiger partial charge >= 0.3 is 0 Å². The second kappa shape index (κ2) is 6.82. The third-order valence-corrected chi connectivity index (χ3v) is 7.52. The Labute approximate surface area is 163 Å². The van der Waals surface area contributed by atoms with Gasteiger partial charge < -0.3 is 10.2 Å². The van der Waals surface area contributed by atoms with E-state index in [4.69, 9.17) is 11.6 Å². The van der Waals surface area contributed by atoms with Crippen molar-refractivity contribution < 1.29 is 13.2 Å². The van der Waals surface area contributed by atoms with E-state index in [1.165, 1.54) is 10.4 Å². The average Bonchev–Trinajstić information content (AvgIpc) is 2.99. The van der Waals surface area contributed by atoms with E-state index >= 15 is 0 Å². The fraction of sp³-hybridized carbons (Fsp3) is 0.316. The smallest absolute Gasteiger partial charge is 0.247 e. The quantitative estimate of drug-likeness (QED) is 0.851. The number of anilines is 1. The molecule has 27 heavy (non-hydrogen) atoms. The summed E-state index contributed by atoms with van der Waals surface area (Å²) >= 11 is 5.95. The van der Waals surface area contributed by atoms with Gasteiger partial charge in [-0.1, -0.05) is 35.9 Å². The Morgan fingerprint density at radius 1 is 1.00 bits per heavy atom. The first-order chi connectivity index (χ1) is 12.9. The second-order valence-electron chi connectivity index (χ2n) is 6.82. The van der Waals surface area contributed by atoms with Crippen LogP contribution in [0.5, 0.6) is 0 Å². The highest BCUT2D eigenvalue weighted by Gasteiger charge is 2.51. The maximum absolute atomic E-state index is 12.9. The summed E-state index contributed by atoms with van der Waals surface area (Å²) in [6.07, 6.45) is 0.876. The van der Waals surface area contributed by atoms with Crippen molar-refractivity contribution in [2.24, 2.45) is 0 Å². The summed E-state index contributed by atoms with van der Waals surface area (Å²) in [4.78, 5) is 14.9. The summed E-state index contributed by atoms with van der Waals surface area (Å²) in [7, 11) is -3.63. The minimum Gasteiger partial charge on any atom is -0.339 e. The van der Waals surface area contributed by atoms with E-state index in [9.17, 15) is 13.2 Å². The highest BCUT2D eigenvalue weighted by atomic mass is 35.5. The first-order valence-electron chi connectivity index (χ1n) is 8.80. The molecule has 0 radical (unpaired) electrons. The van der Waals surface area contributed by atoms with Crippen molar-refractivity contribution >= 4 is 33.2 Å². The van der Waals surface area contributed by atoms with Crippen LogP contribution >= 0.6 is 11.6 Å². The van der Waals surface area contributed by atoms with Crippen LogP contribution in [-0.4, -0.2) is 43.9 Å². The fourth-order valence-corrected chi connectivity index (χ4v) is 5.65. The first kappa shape index (κ1) is 18.3. The van der Waals surface area contributed by atoms with Gasteiger partial charge in [-0.05, 0) is 43.2 Å². The Bertz CT molecular complexity index is 957. The number of piperidine rings is 1. The highest BCUT2D eigenvalue weighted by molar-refractivity contribution is 7.89. The van der Waals surface area contributed by atoms with E-state index in [0.717, 1.165) is 5.69 Å². The van der Waals surface area contributed by atoms with Crippen molar-refractivity contribution in [2.45, 2.75) is 23.3 Å². The summed E-state index contributed by atoms with van der Waals surface area (Å²) < 4.78 is 27.3. The van der Waals surface area contributed by atoms with Gasteiger partial charge in [0.25, 0.3) is 0 Å². The second-order valence-corrected chi connectivity index (χ2v) is 9.20. The Morgan fingerprint density at radius 3 is 2.37 bits per heavy atom. The lowest BCUT2D eigenvalue weighted by Gasteiger charge is -2.42. The predicted molar refractivity (Wildman–Crippen MR) is 104 cm³/mol. The monoisotopic (exact) mass is 405 g/mol. The molecule has 0 aromatic heterocycles. The van der Waals surface area contributed by atoms with Crippen LogP contribution in [0.15, 0.2) is 59.5 Å². The molecular formula is C19H20ClN3O3S. The summed E-state index contributed by atoms with van der Waals surface area (Å²) in [5.74, 6) is -0.0360. The molecule has 0 atom stereocenters. The Balaban J connectivity index is 1.58. The lowest BCUT2D eigenvalue weighted by Crippen LogP contribution is -2.57. The average molecular weight is 406 g/mol.